The van der Waals surface area contributed by atoms with Crippen molar-refractivity contribution in [3.05, 3.63) is 59.2 Å². The number of hydrogen-bond donors (Lipinski definition) is 3. The van der Waals surface area contributed by atoms with E-state index in [2.05, 4.69) is 10.6 Å². The van der Waals surface area contributed by atoms with E-state index in [1.54, 1.807) is 0 Å². The summed E-state index contributed by atoms with van der Waals surface area (Å²) >= 11 is 0. The Bertz CT molecular complexity index is 920. The number of amides is 2. The minimum Gasteiger partial charge on any atom is -0.507 e. The molecule has 1 fully saturated rings. The lowest BCUT2D eigenvalue weighted by Gasteiger charge is -2.32. The maximum Gasteiger partial charge on any atom is 0.255 e. The SMILES string of the molecule is CC1CC(CNC(=O)c2ccc(NC(=O)c3cc(F)cc(F)c3)cc2O)CC(C)O1. The third kappa shape index (κ3) is 5.54. The van der Waals surface area contributed by atoms with E-state index in [0.717, 1.165) is 25.0 Å². The van der Waals surface area contributed by atoms with Gasteiger partial charge >= 0.3 is 0 Å². The molecule has 3 rings (SSSR count). The average Bonchev–Trinajstić information content (AvgIpc) is 2.64. The Kier molecular flexibility index (Phi) is 6.66. The third-order valence-corrected chi connectivity index (χ3v) is 4.97. The summed E-state index contributed by atoms with van der Waals surface area (Å²) in [6.07, 6.45) is 1.97. The fraction of sp³-hybridized carbons (Fsp3) is 0.364. The molecule has 2 unspecified atom stereocenters. The molecule has 0 saturated carbocycles. The molecule has 1 heterocycles. The summed E-state index contributed by atoms with van der Waals surface area (Å²) in [5.74, 6) is -2.94. The van der Waals surface area contributed by atoms with E-state index in [1.165, 1.54) is 18.2 Å². The molecule has 3 N–H and O–H groups in total. The van der Waals surface area contributed by atoms with Crippen LogP contribution in [0, 0.1) is 17.6 Å². The van der Waals surface area contributed by atoms with Crippen molar-refractivity contribution >= 4 is 17.5 Å². The molecule has 0 aliphatic carbocycles. The molecule has 1 saturated heterocycles. The number of anilines is 1. The van der Waals surface area contributed by atoms with Crippen LogP contribution < -0.4 is 10.6 Å². The average molecular weight is 418 g/mol. The number of phenols is 1. The van der Waals surface area contributed by atoms with Gasteiger partial charge in [0.05, 0.1) is 17.8 Å². The summed E-state index contributed by atoms with van der Waals surface area (Å²) in [5, 5.41) is 15.5. The second-order valence-corrected chi connectivity index (χ2v) is 7.65. The predicted molar refractivity (Wildman–Crippen MR) is 107 cm³/mol. The summed E-state index contributed by atoms with van der Waals surface area (Å²) in [7, 11) is 0. The summed E-state index contributed by atoms with van der Waals surface area (Å²) in [6, 6.07) is 6.48. The summed E-state index contributed by atoms with van der Waals surface area (Å²) in [4.78, 5) is 24.6. The van der Waals surface area contributed by atoms with E-state index in [1.807, 2.05) is 13.8 Å². The lowest BCUT2D eigenvalue weighted by molar-refractivity contribution is -0.0513. The highest BCUT2D eigenvalue weighted by Crippen LogP contribution is 2.25. The van der Waals surface area contributed by atoms with Gasteiger partial charge in [-0.1, -0.05) is 0 Å². The number of benzene rings is 2. The molecule has 8 heteroatoms. The zero-order valence-corrected chi connectivity index (χ0v) is 16.7. The van der Waals surface area contributed by atoms with E-state index in [4.69, 9.17) is 4.74 Å². The molecule has 0 spiro atoms. The number of carbonyl (C=O) groups is 2. The number of phenolic OH excluding ortho intramolecular Hbond substituents is 1. The minimum atomic E-state index is -0.872. The molecular formula is C22H24F2N2O4. The van der Waals surface area contributed by atoms with Crippen LogP contribution in [-0.2, 0) is 4.74 Å². The molecule has 0 bridgehead atoms. The van der Waals surface area contributed by atoms with Crippen molar-refractivity contribution < 1.29 is 28.2 Å². The van der Waals surface area contributed by atoms with Gasteiger partial charge < -0.3 is 20.5 Å². The number of ether oxygens (including phenoxy) is 1. The van der Waals surface area contributed by atoms with Gasteiger partial charge in [-0.05, 0) is 56.9 Å². The van der Waals surface area contributed by atoms with Crippen molar-refractivity contribution in [2.45, 2.75) is 38.9 Å². The van der Waals surface area contributed by atoms with Gasteiger partial charge in [-0.3, -0.25) is 9.59 Å². The number of carbonyl (C=O) groups excluding carboxylic acids is 2. The predicted octanol–water partition coefficient (Wildman–Crippen LogP) is 3.86. The minimum absolute atomic E-state index is 0.0676. The van der Waals surface area contributed by atoms with Crippen molar-refractivity contribution in [2.24, 2.45) is 5.92 Å². The second kappa shape index (κ2) is 9.21. The Morgan fingerprint density at radius 2 is 1.67 bits per heavy atom. The van der Waals surface area contributed by atoms with Crippen molar-refractivity contribution in [1.82, 2.24) is 5.32 Å². The van der Waals surface area contributed by atoms with E-state index >= 15 is 0 Å². The van der Waals surface area contributed by atoms with E-state index in [-0.39, 0.29) is 34.8 Å². The van der Waals surface area contributed by atoms with Crippen molar-refractivity contribution in [2.75, 3.05) is 11.9 Å². The first-order chi connectivity index (χ1) is 14.2. The van der Waals surface area contributed by atoms with Gasteiger partial charge in [0.2, 0.25) is 0 Å². The first kappa shape index (κ1) is 21.7. The molecule has 0 aromatic heterocycles. The first-order valence-electron chi connectivity index (χ1n) is 9.75. The fourth-order valence-corrected chi connectivity index (χ4v) is 3.73. The van der Waals surface area contributed by atoms with Crippen LogP contribution in [0.2, 0.25) is 0 Å². The molecule has 160 valence electrons. The highest BCUT2D eigenvalue weighted by Gasteiger charge is 2.25. The van der Waals surface area contributed by atoms with Crippen molar-refractivity contribution in [1.29, 1.82) is 0 Å². The Morgan fingerprint density at radius 1 is 1.03 bits per heavy atom. The normalized spacial score (nSPS) is 21.1. The molecule has 2 aromatic rings. The van der Waals surface area contributed by atoms with Gasteiger partial charge in [0, 0.05) is 29.9 Å². The Balaban J connectivity index is 1.61. The quantitative estimate of drug-likeness (QED) is 0.688. The second-order valence-electron chi connectivity index (χ2n) is 7.65. The topological polar surface area (TPSA) is 87.7 Å². The standard InChI is InChI=1S/C22H24F2N2O4/c1-12-5-14(6-13(2)30-12)11-25-22(29)19-4-3-18(10-20(19)27)26-21(28)15-7-16(23)9-17(24)8-15/h3-4,7-10,12-14,27H,5-6,11H2,1-2H3,(H,25,29)(H,26,28). The van der Waals surface area contributed by atoms with E-state index < -0.39 is 23.4 Å². The molecule has 2 atom stereocenters. The summed E-state index contributed by atoms with van der Waals surface area (Å²) < 4.78 is 32.2. The molecule has 2 aromatic carbocycles. The van der Waals surface area contributed by atoms with Crippen LogP contribution in [-0.4, -0.2) is 35.7 Å². The van der Waals surface area contributed by atoms with E-state index in [0.29, 0.717) is 18.5 Å². The van der Waals surface area contributed by atoms with Gasteiger partial charge in [-0.25, -0.2) is 8.78 Å². The van der Waals surface area contributed by atoms with Crippen LogP contribution in [0.4, 0.5) is 14.5 Å². The molecule has 1 aliphatic heterocycles. The Morgan fingerprint density at radius 3 is 2.27 bits per heavy atom. The van der Waals surface area contributed by atoms with Gasteiger partial charge in [-0.15, -0.1) is 0 Å². The highest BCUT2D eigenvalue weighted by molar-refractivity contribution is 6.05. The van der Waals surface area contributed by atoms with Gasteiger partial charge in [0.15, 0.2) is 0 Å². The largest absolute Gasteiger partial charge is 0.507 e. The molecule has 6 nitrogen and oxygen atoms in total. The number of nitrogens with one attached hydrogen (secondary N) is 2. The number of hydrogen-bond acceptors (Lipinski definition) is 4. The lowest BCUT2D eigenvalue weighted by Crippen LogP contribution is -2.37. The molecule has 1 aliphatic rings. The summed E-state index contributed by atoms with van der Waals surface area (Å²) in [6.45, 7) is 4.48. The van der Waals surface area contributed by atoms with Crippen molar-refractivity contribution in [3.8, 4) is 5.75 Å². The lowest BCUT2D eigenvalue weighted by atomic mass is 9.92. The molecule has 0 radical (unpaired) electrons. The van der Waals surface area contributed by atoms with Gasteiger partial charge in [0.25, 0.3) is 11.8 Å². The number of rotatable bonds is 5. The van der Waals surface area contributed by atoms with Crippen LogP contribution >= 0.6 is 0 Å². The van der Waals surface area contributed by atoms with Crippen molar-refractivity contribution in [3.63, 3.8) is 0 Å². The number of aromatic hydroxyl groups is 1. The maximum atomic E-state index is 13.3. The number of halogens is 2. The van der Waals surface area contributed by atoms with Crippen LogP contribution in [0.5, 0.6) is 5.75 Å². The zero-order valence-electron chi connectivity index (χ0n) is 16.7. The first-order valence-corrected chi connectivity index (χ1v) is 9.75. The van der Waals surface area contributed by atoms with Crippen LogP contribution in [0.15, 0.2) is 36.4 Å². The van der Waals surface area contributed by atoms with E-state index in [9.17, 15) is 23.5 Å². The smallest absolute Gasteiger partial charge is 0.255 e. The molecule has 30 heavy (non-hydrogen) atoms. The van der Waals surface area contributed by atoms with Gasteiger partial charge in [-0.2, -0.15) is 0 Å². The Labute approximate surface area is 173 Å². The molecule has 2 amide bonds. The molecular weight excluding hydrogens is 394 g/mol. The van der Waals surface area contributed by atoms with Crippen LogP contribution in [0.25, 0.3) is 0 Å². The highest BCUT2D eigenvalue weighted by atomic mass is 19.1. The van der Waals surface area contributed by atoms with Crippen LogP contribution in [0.1, 0.15) is 47.4 Å². The Hall–Kier alpha value is -3.00. The third-order valence-electron chi connectivity index (χ3n) is 4.97. The summed E-state index contributed by atoms with van der Waals surface area (Å²) in [5.41, 5.74) is 0.0532. The fourth-order valence-electron chi connectivity index (χ4n) is 3.73. The van der Waals surface area contributed by atoms with Crippen LogP contribution in [0.3, 0.4) is 0 Å². The monoisotopic (exact) mass is 418 g/mol. The maximum absolute atomic E-state index is 13.3. The van der Waals surface area contributed by atoms with Gasteiger partial charge in [0.1, 0.15) is 17.4 Å². The zero-order chi connectivity index (χ0) is 21.8.